The van der Waals surface area contributed by atoms with E-state index in [1.807, 2.05) is 12.4 Å². The van der Waals surface area contributed by atoms with Crippen molar-refractivity contribution in [2.24, 2.45) is 17.3 Å². The summed E-state index contributed by atoms with van der Waals surface area (Å²) in [6, 6.07) is -1.26. The minimum atomic E-state index is -1.19. The maximum atomic E-state index is 11.6. The van der Waals surface area contributed by atoms with Crippen molar-refractivity contribution in [1.82, 2.24) is 15.8 Å². The van der Waals surface area contributed by atoms with Gasteiger partial charge in [-0.1, -0.05) is 0 Å². The number of aliphatic carboxylic acids is 1. The van der Waals surface area contributed by atoms with Crippen LogP contribution in [-0.2, 0) is 9.59 Å². The zero-order valence-electron chi connectivity index (χ0n) is 13.4. The number of unbranched alkanes of at least 4 members (excludes halogenated alkanes) is 1. The molecule has 0 saturated carbocycles. The first kappa shape index (κ1) is 21.1. The van der Waals surface area contributed by atoms with Crippen LogP contribution in [0.2, 0.25) is 0 Å². The van der Waals surface area contributed by atoms with Crippen LogP contribution in [0.4, 0.5) is 0 Å². The summed E-state index contributed by atoms with van der Waals surface area (Å²) in [5, 5.41) is 21.3. The number of amides is 1. The van der Waals surface area contributed by atoms with Crippen LogP contribution in [0, 0.1) is 0 Å². The van der Waals surface area contributed by atoms with Gasteiger partial charge in [0, 0.05) is 24.5 Å². The Balaban J connectivity index is 3.86. The van der Waals surface area contributed by atoms with Gasteiger partial charge in [-0.3, -0.25) is 9.59 Å². The molecule has 2 atom stereocenters. The van der Waals surface area contributed by atoms with Gasteiger partial charge in [0.25, 0.3) is 0 Å². The summed E-state index contributed by atoms with van der Waals surface area (Å²) in [5.74, 6) is 4.14. The third-order valence-corrected chi connectivity index (χ3v) is 3.05. The van der Waals surface area contributed by atoms with Gasteiger partial charge in [-0.25, -0.2) is 5.84 Å². The topological polar surface area (TPSA) is 180 Å². The number of carboxylic acids is 1. The first-order valence-corrected chi connectivity index (χ1v) is 7.38. The third kappa shape index (κ3) is 11.4. The Morgan fingerprint density at radius 3 is 2.57 bits per heavy atom. The molecule has 10 N–H and O–H groups in total. The molecule has 0 saturated heterocycles. The minimum Gasteiger partial charge on any atom is -0.480 e. The number of nitrogens with zero attached hydrogens (tertiary/aromatic N) is 1. The monoisotopic (exact) mass is 332 g/mol. The number of hydroxylamine groups is 1. The lowest BCUT2D eigenvalue weighted by Gasteiger charge is -2.17. The van der Waals surface area contributed by atoms with Crippen LogP contribution in [0.5, 0.6) is 0 Å². The summed E-state index contributed by atoms with van der Waals surface area (Å²) in [4.78, 5) is 22.1. The Morgan fingerprint density at radius 1 is 1.35 bits per heavy atom. The van der Waals surface area contributed by atoms with Crippen LogP contribution in [0.25, 0.3) is 0 Å². The van der Waals surface area contributed by atoms with Crippen molar-refractivity contribution >= 4 is 11.9 Å². The van der Waals surface area contributed by atoms with Gasteiger partial charge in [0.1, 0.15) is 6.04 Å². The van der Waals surface area contributed by atoms with Crippen molar-refractivity contribution in [2.45, 2.75) is 44.7 Å². The van der Waals surface area contributed by atoms with Crippen LogP contribution in [0.1, 0.15) is 32.6 Å². The van der Waals surface area contributed by atoms with E-state index in [2.05, 4.69) is 5.32 Å². The van der Waals surface area contributed by atoms with Gasteiger partial charge in [0.05, 0.1) is 13.0 Å². The van der Waals surface area contributed by atoms with Crippen LogP contribution in [-0.4, -0.2) is 52.4 Å². The molecule has 0 aliphatic carbocycles. The van der Waals surface area contributed by atoms with E-state index in [1.54, 1.807) is 0 Å². The number of nitrogens with two attached hydrogens (primary N) is 3. The largest absolute Gasteiger partial charge is 0.480 e. The summed E-state index contributed by atoms with van der Waals surface area (Å²) in [5.41, 5.74) is 13.2. The second kappa shape index (κ2) is 11.7. The molecule has 0 radical (unpaired) electrons. The highest BCUT2D eigenvalue weighted by atomic mass is 16.5. The predicted molar refractivity (Wildman–Crippen MR) is 84.6 cm³/mol. The molecule has 0 fully saturated rings. The summed E-state index contributed by atoms with van der Waals surface area (Å²) < 4.78 is 0. The quantitative estimate of drug-likeness (QED) is 0.126. The van der Waals surface area contributed by atoms with Crippen LogP contribution < -0.4 is 28.1 Å². The predicted octanol–water partition coefficient (Wildman–Crippen LogP) is -1.58. The van der Waals surface area contributed by atoms with E-state index in [-0.39, 0.29) is 24.9 Å². The number of hydrazine groups is 1. The molecule has 0 aromatic heterocycles. The summed E-state index contributed by atoms with van der Waals surface area (Å²) >= 11 is 0. The average molecular weight is 332 g/mol. The second-order valence-corrected chi connectivity index (χ2v) is 5.39. The summed E-state index contributed by atoms with van der Waals surface area (Å²) in [6.45, 7) is 2.56. The number of carbonyl (C=O) groups is 2. The molecule has 0 aliphatic heterocycles. The molecule has 10 nitrogen and oxygen atoms in total. The van der Waals surface area contributed by atoms with E-state index in [9.17, 15) is 9.59 Å². The number of hydrogen-bond donors (Lipinski definition) is 7. The van der Waals surface area contributed by atoms with E-state index in [0.717, 1.165) is 19.3 Å². The lowest BCUT2D eigenvalue weighted by molar-refractivity contribution is -0.140. The molecule has 0 heterocycles. The minimum absolute atomic E-state index is 0.0751. The van der Waals surface area contributed by atoms with Gasteiger partial charge in [0.2, 0.25) is 5.91 Å². The Kier molecular flexibility index (Phi) is 10.7. The molecular formula is C13H28N6O4. The smallest absolute Gasteiger partial charge is 0.321 e. The zero-order valence-corrected chi connectivity index (χ0v) is 13.4. The fourth-order valence-electron chi connectivity index (χ4n) is 1.85. The van der Waals surface area contributed by atoms with Gasteiger partial charge in [-0.05, 0) is 26.2 Å². The van der Waals surface area contributed by atoms with Crippen molar-refractivity contribution in [3.63, 3.8) is 0 Å². The molecule has 134 valence electrons. The van der Waals surface area contributed by atoms with Crippen LogP contribution in [0.3, 0.4) is 0 Å². The highest BCUT2D eigenvalue weighted by Gasteiger charge is 2.17. The van der Waals surface area contributed by atoms with Gasteiger partial charge < -0.3 is 32.1 Å². The highest BCUT2D eigenvalue weighted by Crippen LogP contribution is 2.02. The zero-order chi connectivity index (χ0) is 17.8. The molecule has 0 bridgehead atoms. The van der Waals surface area contributed by atoms with Crippen LogP contribution in [0.15, 0.2) is 11.9 Å². The molecule has 10 heteroatoms. The van der Waals surface area contributed by atoms with Crippen molar-refractivity contribution in [3.8, 4) is 0 Å². The van der Waals surface area contributed by atoms with Crippen molar-refractivity contribution in [1.29, 1.82) is 0 Å². The first-order valence-electron chi connectivity index (χ1n) is 7.38. The standard InChI is InChI=1S/C13H28N6O4/c1-9(18-12(20)6-11(15)13(21)22)4-2-3-5-19(16)8-10(14)7-17-23/h8-9,11,17,23H,2-7,14-16H2,1H3,(H,18,20)(H,21,22)/b10-8-. The Labute approximate surface area is 135 Å². The van der Waals surface area contributed by atoms with Gasteiger partial charge in [-0.2, -0.15) is 5.48 Å². The number of carbonyl (C=O) groups excluding carboxylic acids is 1. The first-order chi connectivity index (χ1) is 10.8. The molecule has 0 rings (SSSR count). The normalized spacial score (nSPS) is 14.2. The molecule has 0 aromatic carbocycles. The summed E-state index contributed by atoms with van der Waals surface area (Å²) in [7, 11) is 0. The van der Waals surface area contributed by atoms with E-state index in [4.69, 9.17) is 27.6 Å². The summed E-state index contributed by atoms with van der Waals surface area (Å²) in [6.07, 6.45) is 3.65. The number of hydrogen-bond acceptors (Lipinski definition) is 8. The van der Waals surface area contributed by atoms with E-state index < -0.39 is 12.0 Å². The lowest BCUT2D eigenvalue weighted by atomic mass is 10.1. The Bertz CT molecular complexity index is 404. The van der Waals surface area contributed by atoms with E-state index >= 15 is 0 Å². The molecule has 0 aliphatic rings. The van der Waals surface area contributed by atoms with Crippen molar-refractivity contribution in [2.75, 3.05) is 13.1 Å². The molecule has 1 amide bonds. The molecule has 0 aromatic rings. The van der Waals surface area contributed by atoms with Crippen LogP contribution >= 0.6 is 0 Å². The van der Waals surface area contributed by atoms with Gasteiger partial charge in [-0.15, -0.1) is 0 Å². The second-order valence-electron chi connectivity index (χ2n) is 5.39. The number of nitrogens with one attached hydrogen (secondary N) is 2. The maximum Gasteiger partial charge on any atom is 0.321 e. The van der Waals surface area contributed by atoms with E-state index in [0.29, 0.717) is 12.2 Å². The Hall–Kier alpha value is -1.88. The van der Waals surface area contributed by atoms with Gasteiger partial charge >= 0.3 is 5.97 Å². The Morgan fingerprint density at radius 2 is 2.00 bits per heavy atom. The number of rotatable bonds is 12. The third-order valence-electron chi connectivity index (χ3n) is 3.05. The van der Waals surface area contributed by atoms with Crippen molar-refractivity contribution in [3.05, 3.63) is 11.9 Å². The van der Waals surface area contributed by atoms with Crippen molar-refractivity contribution < 1.29 is 19.9 Å². The maximum absolute atomic E-state index is 11.6. The lowest BCUT2D eigenvalue weighted by Crippen LogP contribution is -2.40. The molecule has 2 unspecified atom stereocenters. The molecular weight excluding hydrogens is 304 g/mol. The highest BCUT2D eigenvalue weighted by molar-refractivity contribution is 5.84. The van der Waals surface area contributed by atoms with Gasteiger partial charge in [0.15, 0.2) is 0 Å². The van der Waals surface area contributed by atoms with E-state index in [1.165, 1.54) is 11.2 Å². The molecule has 23 heavy (non-hydrogen) atoms. The number of carboxylic acid groups (broad SMARTS) is 1. The molecule has 0 spiro atoms. The average Bonchev–Trinajstić information content (AvgIpc) is 2.43. The SMILES string of the molecule is CC(CCCCN(N)/C=C(\N)CNO)NC(=O)CC(N)C(=O)O. The fourth-order valence-corrected chi connectivity index (χ4v) is 1.85. The fraction of sp³-hybridized carbons (Fsp3) is 0.692.